The van der Waals surface area contributed by atoms with E-state index in [1.807, 2.05) is 31.3 Å². The molecule has 8 heteroatoms. The number of hydrogen-bond donors (Lipinski definition) is 1. The molecule has 0 saturated heterocycles. The average Bonchev–Trinajstić information content (AvgIpc) is 2.77. The zero-order valence-corrected chi connectivity index (χ0v) is 18.1. The maximum absolute atomic E-state index is 13.3. The Balaban J connectivity index is 1.63. The topological polar surface area (TPSA) is 84.4 Å². The molecule has 1 N–H and O–H groups in total. The highest BCUT2D eigenvalue weighted by molar-refractivity contribution is 6.30. The lowest BCUT2D eigenvalue weighted by Crippen LogP contribution is -2.34. The first kappa shape index (κ1) is 21.2. The largest absolute Gasteiger partial charge is 0.449 e. The second kappa shape index (κ2) is 8.99. The molecule has 1 aliphatic rings. The molecule has 0 saturated carbocycles. The van der Waals surface area contributed by atoms with Crippen LogP contribution in [0.5, 0.6) is 0 Å². The van der Waals surface area contributed by atoms with Crippen molar-refractivity contribution in [2.75, 3.05) is 18.9 Å². The third kappa shape index (κ3) is 4.52. The van der Waals surface area contributed by atoms with Crippen molar-refractivity contribution in [2.24, 2.45) is 0 Å². The van der Waals surface area contributed by atoms with E-state index in [-0.39, 0.29) is 0 Å². The third-order valence-electron chi connectivity index (χ3n) is 5.33. The summed E-state index contributed by atoms with van der Waals surface area (Å²) in [5.41, 5.74) is 3.02. The Hall–Kier alpha value is -3.03. The minimum Gasteiger partial charge on any atom is -0.449 e. The standard InChI is InChI=1S/C23H23ClN4O3/c1-3-19(22(29)27-20-9-8-14(24)12-25-20)31-23(30)21-15-6-4-5-7-17(15)26-18-10-11-28(2)13-16(18)21/h4-9,12,19H,3,10-11,13H2,1-2H3,(H,25,27,29). The van der Waals surface area contributed by atoms with Crippen LogP contribution in [0, 0.1) is 0 Å². The van der Waals surface area contributed by atoms with E-state index in [4.69, 9.17) is 21.3 Å². The lowest BCUT2D eigenvalue weighted by Gasteiger charge is -2.27. The smallest absolute Gasteiger partial charge is 0.340 e. The number of rotatable bonds is 5. The summed E-state index contributed by atoms with van der Waals surface area (Å²) in [6.07, 6.45) is 1.58. The van der Waals surface area contributed by atoms with Gasteiger partial charge in [-0.2, -0.15) is 0 Å². The summed E-state index contributed by atoms with van der Waals surface area (Å²) < 4.78 is 5.70. The molecule has 1 unspecified atom stereocenters. The number of nitrogens with one attached hydrogen (secondary N) is 1. The van der Waals surface area contributed by atoms with E-state index in [0.717, 1.165) is 35.1 Å². The summed E-state index contributed by atoms with van der Waals surface area (Å²) in [6, 6.07) is 10.7. The molecule has 4 rings (SSSR count). The summed E-state index contributed by atoms with van der Waals surface area (Å²) in [7, 11) is 2.01. The number of halogens is 1. The van der Waals surface area contributed by atoms with E-state index >= 15 is 0 Å². The lowest BCUT2D eigenvalue weighted by molar-refractivity contribution is -0.124. The minimum absolute atomic E-state index is 0.330. The predicted molar refractivity (Wildman–Crippen MR) is 119 cm³/mol. The summed E-state index contributed by atoms with van der Waals surface area (Å²) in [5, 5.41) is 3.88. The average molecular weight is 439 g/mol. The van der Waals surface area contributed by atoms with Gasteiger partial charge in [-0.05, 0) is 31.7 Å². The van der Waals surface area contributed by atoms with Crippen LogP contribution in [0.2, 0.25) is 5.02 Å². The van der Waals surface area contributed by atoms with E-state index in [1.165, 1.54) is 6.20 Å². The van der Waals surface area contributed by atoms with Crippen molar-refractivity contribution in [3.8, 4) is 0 Å². The van der Waals surface area contributed by atoms with Crippen molar-refractivity contribution >= 4 is 40.2 Å². The van der Waals surface area contributed by atoms with Gasteiger partial charge in [-0.1, -0.05) is 36.7 Å². The highest BCUT2D eigenvalue weighted by atomic mass is 35.5. The molecule has 1 atom stereocenters. The van der Waals surface area contributed by atoms with Gasteiger partial charge in [-0.25, -0.2) is 9.78 Å². The molecule has 3 heterocycles. The van der Waals surface area contributed by atoms with Crippen LogP contribution in [-0.4, -0.2) is 46.4 Å². The van der Waals surface area contributed by atoms with Crippen LogP contribution in [0.25, 0.3) is 10.9 Å². The molecule has 160 valence electrons. The molecule has 2 aromatic heterocycles. The van der Waals surface area contributed by atoms with Gasteiger partial charge < -0.3 is 15.0 Å². The highest BCUT2D eigenvalue weighted by Gasteiger charge is 2.29. The summed E-state index contributed by atoms with van der Waals surface area (Å²) in [4.78, 5) is 37.0. The number of para-hydroxylation sites is 1. The molecule has 0 aliphatic carbocycles. The number of esters is 1. The molecule has 31 heavy (non-hydrogen) atoms. The van der Waals surface area contributed by atoms with Crippen LogP contribution >= 0.6 is 11.6 Å². The van der Waals surface area contributed by atoms with E-state index in [9.17, 15) is 9.59 Å². The summed E-state index contributed by atoms with van der Waals surface area (Å²) in [6.45, 7) is 3.27. The van der Waals surface area contributed by atoms with Crippen molar-refractivity contribution in [2.45, 2.75) is 32.4 Å². The molecule has 0 spiro atoms. The Bertz CT molecular complexity index is 1130. The molecule has 3 aromatic rings. The Morgan fingerprint density at radius 2 is 2.06 bits per heavy atom. The fraction of sp³-hybridized carbons (Fsp3) is 0.304. The Morgan fingerprint density at radius 1 is 1.26 bits per heavy atom. The SMILES string of the molecule is CCC(OC(=O)c1c2c(nc3ccccc13)CCN(C)C2)C(=O)Nc1ccc(Cl)cn1. The number of pyridine rings is 2. The number of amides is 1. The van der Waals surface area contributed by atoms with Gasteiger partial charge in [0.25, 0.3) is 5.91 Å². The monoisotopic (exact) mass is 438 g/mol. The zero-order valence-electron chi connectivity index (χ0n) is 17.4. The molecule has 0 fully saturated rings. The van der Waals surface area contributed by atoms with Crippen molar-refractivity contribution in [1.82, 2.24) is 14.9 Å². The van der Waals surface area contributed by atoms with E-state index < -0.39 is 18.0 Å². The van der Waals surface area contributed by atoms with Gasteiger partial charge in [0.15, 0.2) is 6.10 Å². The molecule has 0 radical (unpaired) electrons. The quantitative estimate of drug-likeness (QED) is 0.609. The first-order chi connectivity index (χ1) is 15.0. The molecule has 1 aliphatic heterocycles. The van der Waals surface area contributed by atoms with Gasteiger partial charge in [0, 0.05) is 42.4 Å². The highest BCUT2D eigenvalue weighted by Crippen LogP contribution is 2.29. The van der Waals surface area contributed by atoms with Crippen LogP contribution in [-0.2, 0) is 22.5 Å². The first-order valence-electron chi connectivity index (χ1n) is 10.2. The third-order valence-corrected chi connectivity index (χ3v) is 5.56. The molecule has 1 aromatic carbocycles. The number of fused-ring (bicyclic) bond motifs is 2. The van der Waals surface area contributed by atoms with Gasteiger partial charge in [-0.3, -0.25) is 9.78 Å². The number of aromatic nitrogens is 2. The number of nitrogens with zero attached hydrogens (tertiary/aromatic N) is 3. The molecule has 7 nitrogen and oxygen atoms in total. The minimum atomic E-state index is -0.950. The van der Waals surface area contributed by atoms with Crippen molar-refractivity contribution in [3.63, 3.8) is 0 Å². The second-order valence-corrected chi connectivity index (χ2v) is 8.01. The number of hydrogen-bond acceptors (Lipinski definition) is 6. The summed E-state index contributed by atoms with van der Waals surface area (Å²) in [5.74, 6) is -0.608. The number of carbonyl (C=O) groups excluding carboxylic acids is 2. The molecule has 1 amide bonds. The maximum atomic E-state index is 13.3. The van der Waals surface area contributed by atoms with Crippen LogP contribution in [0.4, 0.5) is 5.82 Å². The predicted octanol–water partition coefficient (Wildman–Crippen LogP) is 3.85. The van der Waals surface area contributed by atoms with Crippen molar-refractivity contribution < 1.29 is 14.3 Å². The lowest BCUT2D eigenvalue weighted by atomic mass is 9.96. The Morgan fingerprint density at radius 3 is 2.81 bits per heavy atom. The Kier molecular flexibility index (Phi) is 6.15. The number of carbonyl (C=O) groups is 2. The van der Waals surface area contributed by atoms with Gasteiger partial charge in [0.2, 0.25) is 0 Å². The Labute approximate surface area is 185 Å². The number of ether oxygens (including phenoxy) is 1. The maximum Gasteiger partial charge on any atom is 0.340 e. The zero-order chi connectivity index (χ0) is 22.0. The van der Waals surface area contributed by atoms with E-state index in [2.05, 4.69) is 15.2 Å². The first-order valence-corrected chi connectivity index (χ1v) is 10.6. The summed E-state index contributed by atoms with van der Waals surface area (Å²) >= 11 is 5.84. The van der Waals surface area contributed by atoms with E-state index in [1.54, 1.807) is 19.1 Å². The molecular formula is C23H23ClN4O3. The molecule has 0 bridgehead atoms. The number of likely N-dealkylation sites (N-methyl/N-ethyl adjacent to an activating group) is 1. The van der Waals surface area contributed by atoms with Gasteiger partial charge in [0.05, 0.1) is 16.1 Å². The van der Waals surface area contributed by atoms with Crippen LogP contribution in [0.3, 0.4) is 0 Å². The van der Waals surface area contributed by atoms with Crippen LogP contribution in [0.1, 0.15) is 35.0 Å². The fourth-order valence-corrected chi connectivity index (χ4v) is 3.84. The van der Waals surface area contributed by atoms with Crippen molar-refractivity contribution in [3.05, 3.63) is 64.4 Å². The van der Waals surface area contributed by atoms with Crippen LogP contribution < -0.4 is 5.32 Å². The number of benzene rings is 1. The second-order valence-electron chi connectivity index (χ2n) is 7.57. The van der Waals surface area contributed by atoms with Gasteiger partial charge >= 0.3 is 5.97 Å². The fourth-order valence-electron chi connectivity index (χ4n) is 3.73. The van der Waals surface area contributed by atoms with E-state index in [0.29, 0.717) is 29.4 Å². The normalized spacial score (nSPS) is 14.7. The van der Waals surface area contributed by atoms with Crippen molar-refractivity contribution in [1.29, 1.82) is 0 Å². The molecular weight excluding hydrogens is 416 g/mol. The number of anilines is 1. The van der Waals surface area contributed by atoms with Gasteiger partial charge in [0.1, 0.15) is 5.82 Å². The van der Waals surface area contributed by atoms with Gasteiger partial charge in [-0.15, -0.1) is 0 Å². The van der Waals surface area contributed by atoms with Crippen LogP contribution in [0.15, 0.2) is 42.6 Å².